The fourth-order valence-corrected chi connectivity index (χ4v) is 5.13. The van der Waals surface area contributed by atoms with Crippen LogP contribution >= 0.6 is 11.8 Å². The van der Waals surface area contributed by atoms with Crippen LogP contribution in [0.2, 0.25) is 0 Å². The van der Waals surface area contributed by atoms with Crippen molar-refractivity contribution >= 4 is 23.4 Å². The summed E-state index contributed by atoms with van der Waals surface area (Å²) in [5, 5.41) is 2.78. The first-order valence-electron chi connectivity index (χ1n) is 10.4. The lowest BCUT2D eigenvalue weighted by Crippen LogP contribution is -2.47. The molecular formula is C23H29N3O2S. The van der Waals surface area contributed by atoms with Crippen LogP contribution < -0.4 is 10.9 Å². The van der Waals surface area contributed by atoms with Crippen molar-refractivity contribution in [2.75, 3.05) is 37.0 Å². The Bertz CT molecular complexity index is 912. The van der Waals surface area contributed by atoms with Gasteiger partial charge in [0.25, 0.3) is 5.56 Å². The minimum absolute atomic E-state index is 0.0517. The van der Waals surface area contributed by atoms with Gasteiger partial charge in [0.2, 0.25) is 5.91 Å². The van der Waals surface area contributed by atoms with Gasteiger partial charge in [-0.1, -0.05) is 30.3 Å². The van der Waals surface area contributed by atoms with Crippen molar-refractivity contribution in [1.82, 2.24) is 9.47 Å². The van der Waals surface area contributed by atoms with E-state index in [1.54, 1.807) is 6.07 Å². The fourth-order valence-electron chi connectivity index (χ4n) is 4.79. The average molecular weight is 412 g/mol. The Morgan fingerprint density at radius 3 is 2.76 bits per heavy atom. The van der Waals surface area contributed by atoms with Crippen LogP contribution in [0.1, 0.15) is 30.0 Å². The highest BCUT2D eigenvalue weighted by Crippen LogP contribution is 2.35. The molecule has 1 N–H and O–H groups in total. The summed E-state index contributed by atoms with van der Waals surface area (Å²) in [5.41, 5.74) is 2.89. The van der Waals surface area contributed by atoms with E-state index in [1.807, 2.05) is 16.9 Å². The minimum atomic E-state index is -0.115. The Morgan fingerprint density at radius 1 is 1.14 bits per heavy atom. The molecule has 6 heteroatoms. The molecule has 1 amide bonds. The summed E-state index contributed by atoms with van der Waals surface area (Å²) >= 11 is 1.46. The van der Waals surface area contributed by atoms with Gasteiger partial charge in [0.05, 0.1) is 5.75 Å². The molecule has 1 saturated heterocycles. The first-order valence-corrected chi connectivity index (χ1v) is 11.8. The van der Waals surface area contributed by atoms with Crippen molar-refractivity contribution < 1.29 is 4.79 Å². The fraction of sp³-hybridized carbons (Fsp3) is 0.478. The molecule has 3 heterocycles. The zero-order valence-electron chi connectivity index (χ0n) is 17.0. The summed E-state index contributed by atoms with van der Waals surface area (Å²) < 4.78 is 1.91. The molecule has 2 bridgehead atoms. The molecule has 2 aliphatic heterocycles. The zero-order valence-corrected chi connectivity index (χ0v) is 17.8. The number of thioether (sulfide) groups is 1. The van der Waals surface area contributed by atoms with Gasteiger partial charge in [-0.05, 0) is 55.7 Å². The maximum atomic E-state index is 12.9. The Kier molecular flexibility index (Phi) is 6.40. The Hall–Kier alpha value is -2.05. The molecule has 29 heavy (non-hydrogen) atoms. The molecule has 4 rings (SSSR count). The second-order valence-corrected chi connectivity index (χ2v) is 9.08. The van der Waals surface area contributed by atoms with Gasteiger partial charge in [0, 0.05) is 31.2 Å². The minimum Gasteiger partial charge on any atom is -0.321 e. The largest absolute Gasteiger partial charge is 0.321 e. The zero-order chi connectivity index (χ0) is 20.2. The first-order chi connectivity index (χ1) is 14.1. The number of carbonyl (C=O) groups is 1. The van der Waals surface area contributed by atoms with Crippen molar-refractivity contribution in [3.05, 3.63) is 64.1 Å². The number of anilines is 1. The van der Waals surface area contributed by atoms with E-state index in [0.29, 0.717) is 23.3 Å². The van der Waals surface area contributed by atoms with Crippen LogP contribution in [-0.4, -0.2) is 47.0 Å². The monoisotopic (exact) mass is 411 g/mol. The molecule has 1 aromatic heterocycles. The summed E-state index contributed by atoms with van der Waals surface area (Å²) in [6, 6.07) is 14.5. The van der Waals surface area contributed by atoms with Crippen molar-refractivity contribution in [3.8, 4) is 0 Å². The SMILES string of the molecule is CSCC(=O)Nc1ccc2n(c1=O)CC1CC2CN(CCCc2ccccc2)C1. The molecule has 1 aromatic carbocycles. The molecular weight excluding hydrogens is 382 g/mol. The second kappa shape index (κ2) is 9.18. The number of benzene rings is 1. The molecule has 0 saturated carbocycles. The van der Waals surface area contributed by atoms with Gasteiger partial charge in [-0.25, -0.2) is 0 Å². The van der Waals surface area contributed by atoms with E-state index in [0.717, 1.165) is 51.1 Å². The number of likely N-dealkylation sites (tertiary alicyclic amines) is 1. The predicted octanol–water partition coefficient (Wildman–Crippen LogP) is 3.20. The van der Waals surface area contributed by atoms with Gasteiger partial charge >= 0.3 is 0 Å². The van der Waals surface area contributed by atoms with Gasteiger partial charge in [-0.3, -0.25) is 9.59 Å². The van der Waals surface area contributed by atoms with Crippen molar-refractivity contribution in [2.45, 2.75) is 31.7 Å². The number of carbonyl (C=O) groups excluding carboxylic acids is 1. The smallest absolute Gasteiger partial charge is 0.274 e. The van der Waals surface area contributed by atoms with Crippen LogP contribution in [-0.2, 0) is 17.8 Å². The number of fused-ring (bicyclic) bond motifs is 4. The van der Waals surface area contributed by atoms with Crippen LogP contribution in [0.25, 0.3) is 0 Å². The Balaban J connectivity index is 1.41. The Labute approximate surface area is 176 Å². The number of hydrogen-bond acceptors (Lipinski definition) is 4. The number of piperidine rings is 1. The van der Waals surface area contributed by atoms with Gasteiger partial charge in [-0.2, -0.15) is 11.8 Å². The van der Waals surface area contributed by atoms with Gasteiger partial charge in [0.1, 0.15) is 5.69 Å². The van der Waals surface area contributed by atoms with E-state index in [2.05, 4.69) is 40.5 Å². The van der Waals surface area contributed by atoms with Gasteiger partial charge in [0.15, 0.2) is 0 Å². The van der Waals surface area contributed by atoms with Crippen molar-refractivity contribution in [2.24, 2.45) is 5.92 Å². The van der Waals surface area contributed by atoms with Gasteiger partial charge in [-0.15, -0.1) is 0 Å². The quantitative estimate of drug-likeness (QED) is 0.760. The summed E-state index contributed by atoms with van der Waals surface area (Å²) in [4.78, 5) is 27.4. The van der Waals surface area contributed by atoms with Crippen LogP contribution in [0, 0.1) is 5.92 Å². The maximum absolute atomic E-state index is 12.9. The number of aromatic nitrogens is 1. The maximum Gasteiger partial charge on any atom is 0.274 e. The van der Waals surface area contributed by atoms with Crippen LogP contribution in [0.3, 0.4) is 0 Å². The highest BCUT2D eigenvalue weighted by atomic mass is 32.2. The number of nitrogens with zero attached hydrogens (tertiary/aromatic N) is 2. The molecule has 0 spiro atoms. The number of amides is 1. The molecule has 0 aliphatic carbocycles. The van der Waals surface area contributed by atoms with E-state index in [1.165, 1.54) is 17.3 Å². The van der Waals surface area contributed by atoms with E-state index in [9.17, 15) is 9.59 Å². The summed E-state index contributed by atoms with van der Waals surface area (Å²) in [6.45, 7) is 3.93. The van der Waals surface area contributed by atoms with Crippen LogP contribution in [0.4, 0.5) is 5.69 Å². The third kappa shape index (κ3) is 4.75. The summed E-state index contributed by atoms with van der Waals surface area (Å²) in [6.07, 6.45) is 5.32. The topological polar surface area (TPSA) is 54.3 Å². The molecule has 2 aliphatic rings. The van der Waals surface area contributed by atoms with Crippen molar-refractivity contribution in [3.63, 3.8) is 0 Å². The number of hydrogen-bond donors (Lipinski definition) is 1. The molecule has 1 fully saturated rings. The average Bonchev–Trinajstić information content (AvgIpc) is 2.71. The highest BCUT2D eigenvalue weighted by Gasteiger charge is 2.34. The highest BCUT2D eigenvalue weighted by molar-refractivity contribution is 7.99. The number of aryl methyl sites for hydroxylation is 1. The van der Waals surface area contributed by atoms with E-state index in [-0.39, 0.29) is 11.5 Å². The van der Waals surface area contributed by atoms with Gasteiger partial charge < -0.3 is 14.8 Å². The van der Waals surface area contributed by atoms with E-state index in [4.69, 9.17) is 0 Å². The van der Waals surface area contributed by atoms with E-state index < -0.39 is 0 Å². The third-order valence-electron chi connectivity index (χ3n) is 6.01. The molecule has 2 unspecified atom stereocenters. The first kappa shape index (κ1) is 20.2. The number of pyridine rings is 1. The standard InChI is InChI=1S/C23H29N3O2S/c1-29-16-22(27)24-20-9-10-21-19-12-18(14-26(21)23(20)28)13-25(15-19)11-5-8-17-6-3-2-4-7-17/h2-4,6-7,9-10,18-19H,5,8,11-16H2,1H3,(H,24,27). The molecule has 2 aromatic rings. The summed E-state index contributed by atoms with van der Waals surface area (Å²) in [7, 11) is 0. The lowest BCUT2D eigenvalue weighted by atomic mass is 9.83. The number of nitrogens with one attached hydrogen (secondary N) is 1. The lowest BCUT2D eigenvalue weighted by molar-refractivity contribution is -0.113. The lowest BCUT2D eigenvalue weighted by Gasteiger charge is -2.43. The van der Waals surface area contributed by atoms with Crippen LogP contribution in [0.5, 0.6) is 0 Å². The predicted molar refractivity (Wildman–Crippen MR) is 120 cm³/mol. The second-order valence-electron chi connectivity index (χ2n) is 8.22. The molecule has 0 radical (unpaired) electrons. The third-order valence-corrected chi connectivity index (χ3v) is 6.56. The van der Waals surface area contributed by atoms with E-state index >= 15 is 0 Å². The van der Waals surface area contributed by atoms with Crippen LogP contribution in [0.15, 0.2) is 47.3 Å². The Morgan fingerprint density at radius 2 is 1.97 bits per heavy atom. The summed E-state index contributed by atoms with van der Waals surface area (Å²) in [5.74, 6) is 1.16. The molecule has 154 valence electrons. The van der Waals surface area contributed by atoms with Crippen molar-refractivity contribution in [1.29, 1.82) is 0 Å². The molecule has 5 nitrogen and oxygen atoms in total. The normalized spacial score (nSPS) is 20.9. The number of rotatable bonds is 7. The molecule has 2 atom stereocenters.